The van der Waals surface area contributed by atoms with Crippen LogP contribution in [0.3, 0.4) is 0 Å². The Kier molecular flexibility index (Phi) is 7.61. The van der Waals surface area contributed by atoms with Gasteiger partial charge in [-0.05, 0) is 17.7 Å². The van der Waals surface area contributed by atoms with Crippen LogP contribution in [0.4, 0.5) is 18.9 Å². The Labute approximate surface area is 165 Å². The van der Waals surface area contributed by atoms with E-state index in [4.69, 9.17) is 32.5 Å². The lowest BCUT2D eigenvalue weighted by atomic mass is 9.90. The van der Waals surface area contributed by atoms with Gasteiger partial charge in [-0.2, -0.15) is 0 Å². The Bertz CT molecular complexity index is 838. The van der Waals surface area contributed by atoms with Crippen LogP contribution in [0.1, 0.15) is 11.1 Å². The zero-order valence-corrected chi connectivity index (χ0v) is 15.7. The van der Waals surface area contributed by atoms with E-state index in [1.54, 1.807) is 19.5 Å². The molecule has 0 aliphatic carbocycles. The molecule has 6 nitrogen and oxygen atoms in total. The van der Waals surface area contributed by atoms with Crippen LogP contribution in [0.25, 0.3) is 5.73 Å². The van der Waals surface area contributed by atoms with Gasteiger partial charge < -0.3 is 20.9 Å². The molecule has 3 N–H and O–H groups in total. The van der Waals surface area contributed by atoms with Crippen molar-refractivity contribution in [2.24, 2.45) is 10.7 Å². The number of aliphatic imine (C=N–C) groups is 1. The molecule has 0 radical (unpaired) electrons. The zero-order valence-electron chi connectivity index (χ0n) is 15.0. The van der Waals surface area contributed by atoms with Gasteiger partial charge in [0.15, 0.2) is 5.54 Å². The predicted octanol–water partition coefficient (Wildman–Crippen LogP) is 4.24. The number of rotatable bonds is 4. The molecule has 28 heavy (non-hydrogen) atoms. The summed E-state index contributed by atoms with van der Waals surface area (Å²) in [4.78, 5) is 7.57. The first-order valence-electron chi connectivity index (χ1n) is 8.08. The maximum atomic E-state index is 13.7. The molecule has 2 aromatic rings. The fraction of sp³-hybridized carbons (Fsp3) is 0.333. The monoisotopic (exact) mass is 415 g/mol. The van der Waals surface area contributed by atoms with E-state index in [2.05, 4.69) is 9.98 Å². The van der Waals surface area contributed by atoms with Crippen molar-refractivity contribution in [2.45, 2.75) is 18.6 Å². The number of pyridine rings is 1. The molecule has 1 atom stereocenters. The molecular formula is C18H19ClF3N4O2-. The van der Waals surface area contributed by atoms with Crippen molar-refractivity contribution in [3.05, 3.63) is 64.4 Å². The molecule has 3 rings (SSSR count). The van der Waals surface area contributed by atoms with E-state index in [-0.39, 0.29) is 23.7 Å². The van der Waals surface area contributed by atoms with E-state index in [9.17, 15) is 13.2 Å². The van der Waals surface area contributed by atoms with Crippen molar-refractivity contribution in [3.8, 4) is 0 Å². The fourth-order valence-corrected chi connectivity index (χ4v) is 2.75. The van der Waals surface area contributed by atoms with Gasteiger partial charge in [-0.3, -0.25) is 9.98 Å². The van der Waals surface area contributed by atoms with Gasteiger partial charge >= 0.3 is 0 Å². The van der Waals surface area contributed by atoms with E-state index >= 15 is 0 Å². The number of nitrogens with one attached hydrogen (secondary N) is 1. The number of methoxy groups -OCH3 is 1. The van der Waals surface area contributed by atoms with Crippen LogP contribution in [-0.2, 0) is 21.6 Å². The van der Waals surface area contributed by atoms with Crippen molar-refractivity contribution in [3.63, 3.8) is 0 Å². The van der Waals surface area contributed by atoms with Gasteiger partial charge in [-0.1, -0.05) is 23.7 Å². The third-order valence-corrected chi connectivity index (χ3v) is 3.99. The van der Waals surface area contributed by atoms with Gasteiger partial charge in [-0.25, -0.2) is 13.2 Å². The van der Waals surface area contributed by atoms with Gasteiger partial charge in [0.2, 0.25) is 0 Å². The highest BCUT2D eigenvalue weighted by atomic mass is 35.5. The lowest BCUT2D eigenvalue weighted by Crippen LogP contribution is -2.45. The molecule has 1 aromatic carbocycles. The third kappa shape index (κ3) is 5.34. The summed E-state index contributed by atoms with van der Waals surface area (Å²) in [6, 6.07) is 4.99. The van der Waals surface area contributed by atoms with Crippen molar-refractivity contribution in [2.75, 3.05) is 20.3 Å². The van der Waals surface area contributed by atoms with Crippen LogP contribution < -0.4 is 5.73 Å². The summed E-state index contributed by atoms with van der Waals surface area (Å²) in [6.07, 6.45) is 0.350. The molecule has 1 aliphatic rings. The summed E-state index contributed by atoms with van der Waals surface area (Å²) >= 11 is 5.66. The number of ether oxygens (including phenoxy) is 2. The standard InChI is InChI=1S/C11H11F3N3O.C7H8ClNO/c12-8-2-1-6(15)3-7(8)11(10(13)14)5-18-4-9(16)17-11;1-10-5-6-2-7(8)4-9-3-6/h1-3,10,15H,4-5H2,(H2,16,17);2-4H,5H2,1H3/q-1;. The molecule has 10 heteroatoms. The number of amidine groups is 1. The van der Waals surface area contributed by atoms with E-state index in [1.807, 2.05) is 6.07 Å². The molecule has 0 bridgehead atoms. The number of hydrogen-bond acceptors (Lipinski definition) is 5. The van der Waals surface area contributed by atoms with Crippen molar-refractivity contribution < 1.29 is 22.6 Å². The van der Waals surface area contributed by atoms with Crippen LogP contribution >= 0.6 is 11.6 Å². The molecule has 0 fully saturated rings. The lowest BCUT2D eigenvalue weighted by molar-refractivity contribution is -0.0145. The molecule has 0 saturated carbocycles. The topological polar surface area (TPSA) is 93.5 Å². The maximum absolute atomic E-state index is 13.7. The summed E-state index contributed by atoms with van der Waals surface area (Å²) < 4.78 is 50.1. The Hall–Kier alpha value is -2.36. The second kappa shape index (κ2) is 9.72. The highest BCUT2D eigenvalue weighted by Gasteiger charge is 2.46. The minimum absolute atomic E-state index is 0.0589. The Morgan fingerprint density at radius 2 is 2.11 bits per heavy atom. The first-order chi connectivity index (χ1) is 13.3. The lowest BCUT2D eigenvalue weighted by Gasteiger charge is -2.33. The molecular weight excluding hydrogens is 397 g/mol. The second-order valence-electron chi connectivity index (χ2n) is 5.96. The van der Waals surface area contributed by atoms with Crippen LogP contribution in [0.5, 0.6) is 0 Å². The number of aromatic nitrogens is 1. The quantitative estimate of drug-likeness (QED) is 0.808. The van der Waals surface area contributed by atoms with Crippen LogP contribution in [0, 0.1) is 5.82 Å². The molecule has 0 saturated heterocycles. The number of halogens is 4. The Morgan fingerprint density at radius 1 is 1.36 bits per heavy atom. The van der Waals surface area contributed by atoms with Gasteiger partial charge in [0.25, 0.3) is 6.43 Å². The second-order valence-corrected chi connectivity index (χ2v) is 6.40. The van der Waals surface area contributed by atoms with Crippen molar-refractivity contribution in [1.82, 2.24) is 4.98 Å². The molecule has 1 aliphatic heterocycles. The zero-order chi connectivity index (χ0) is 20.7. The SMILES string of the molecule is COCc1cncc(Cl)c1.[NH-]c1ccc(F)c(C2(C(F)F)COCC(N)=N2)c1. The van der Waals surface area contributed by atoms with E-state index in [0.29, 0.717) is 11.6 Å². The fourth-order valence-electron chi connectivity index (χ4n) is 2.56. The average Bonchev–Trinajstić information content (AvgIpc) is 2.64. The number of alkyl halides is 2. The van der Waals surface area contributed by atoms with Crippen molar-refractivity contribution >= 4 is 23.1 Å². The Morgan fingerprint density at radius 3 is 2.71 bits per heavy atom. The van der Waals surface area contributed by atoms with Gasteiger partial charge in [0, 0.05) is 25.1 Å². The highest BCUT2D eigenvalue weighted by molar-refractivity contribution is 6.30. The summed E-state index contributed by atoms with van der Waals surface area (Å²) in [6.45, 7) is 0.0377. The third-order valence-electron chi connectivity index (χ3n) is 3.78. The molecule has 1 aromatic heterocycles. The summed E-state index contributed by atoms with van der Waals surface area (Å²) in [7, 11) is 1.64. The number of nitrogens with two attached hydrogens (primary N) is 1. The minimum Gasteiger partial charge on any atom is -0.699 e. The molecule has 2 heterocycles. The van der Waals surface area contributed by atoms with Crippen LogP contribution in [0.15, 0.2) is 41.7 Å². The maximum Gasteiger partial charge on any atom is 0.269 e. The molecule has 0 spiro atoms. The van der Waals surface area contributed by atoms with Crippen LogP contribution in [-0.4, -0.2) is 37.6 Å². The van der Waals surface area contributed by atoms with Crippen LogP contribution in [0.2, 0.25) is 5.02 Å². The van der Waals surface area contributed by atoms with E-state index in [0.717, 1.165) is 17.7 Å². The van der Waals surface area contributed by atoms with Gasteiger partial charge in [-0.15, -0.1) is 5.69 Å². The number of nitrogens with zero attached hydrogens (tertiary/aromatic N) is 2. The molecule has 0 amide bonds. The Balaban J connectivity index is 0.000000237. The van der Waals surface area contributed by atoms with E-state index in [1.165, 1.54) is 6.07 Å². The summed E-state index contributed by atoms with van der Waals surface area (Å²) in [5.41, 5.74) is 11.2. The minimum atomic E-state index is -2.98. The first kappa shape index (κ1) is 21.9. The predicted molar refractivity (Wildman–Crippen MR) is 100 cm³/mol. The van der Waals surface area contributed by atoms with E-state index < -0.39 is 24.4 Å². The smallest absolute Gasteiger partial charge is 0.269 e. The highest BCUT2D eigenvalue weighted by Crippen LogP contribution is 2.38. The first-order valence-corrected chi connectivity index (χ1v) is 8.46. The average molecular weight is 416 g/mol. The summed E-state index contributed by atoms with van der Waals surface area (Å²) in [5, 5.41) is 0.648. The largest absolute Gasteiger partial charge is 0.699 e. The van der Waals surface area contributed by atoms with Gasteiger partial charge in [0.1, 0.15) is 18.3 Å². The molecule has 1 unspecified atom stereocenters. The van der Waals surface area contributed by atoms with Gasteiger partial charge in [0.05, 0.1) is 18.2 Å². The van der Waals surface area contributed by atoms with Crippen molar-refractivity contribution in [1.29, 1.82) is 0 Å². The summed E-state index contributed by atoms with van der Waals surface area (Å²) in [5.74, 6) is -0.968. The molecule has 152 valence electrons. The normalized spacial score (nSPS) is 19.0. The number of hydrogen-bond donors (Lipinski definition) is 1. The number of benzene rings is 1.